The van der Waals surface area contributed by atoms with Gasteiger partial charge >= 0.3 is 0 Å². The number of hydrogen-bond donors (Lipinski definition) is 0. The zero-order chi connectivity index (χ0) is 49.9. The highest BCUT2D eigenvalue weighted by Crippen LogP contribution is 2.46. The third-order valence-electron chi connectivity index (χ3n) is 12.5. The quantitative estimate of drug-likeness (QED) is 0.0897. The zero-order valence-corrected chi connectivity index (χ0v) is 41.5. The molecule has 0 spiro atoms. The molecule has 0 aromatic heterocycles. The second kappa shape index (κ2) is 24.6. The largest absolute Gasteiger partial charge is 0.358 e. The van der Waals surface area contributed by atoms with Crippen LogP contribution in [0.4, 0.5) is 8.78 Å². The fourth-order valence-electron chi connectivity index (χ4n) is 9.15. The first-order valence-electron chi connectivity index (χ1n) is 23.2. The molecule has 0 unspecified atom stereocenters. The van der Waals surface area contributed by atoms with Gasteiger partial charge in [0.1, 0.15) is 48.6 Å². The molecule has 2 aliphatic rings. The molecule has 364 valence electrons. The molecule has 8 nitrogen and oxygen atoms in total. The van der Waals surface area contributed by atoms with E-state index in [1.54, 1.807) is 82.6 Å². The van der Waals surface area contributed by atoms with Gasteiger partial charge in [0.15, 0.2) is 0 Å². The van der Waals surface area contributed by atoms with E-state index in [1.807, 2.05) is 62.4 Å². The van der Waals surface area contributed by atoms with Gasteiger partial charge in [-0.1, -0.05) is 146 Å². The summed E-state index contributed by atoms with van der Waals surface area (Å²) in [5, 5.41) is 2.31. The van der Waals surface area contributed by atoms with Gasteiger partial charge in [-0.3, -0.25) is 9.59 Å². The molecule has 2 saturated heterocycles. The minimum atomic E-state index is -0.844. The van der Waals surface area contributed by atoms with Crippen LogP contribution >= 0.6 is 46.4 Å². The molecule has 70 heavy (non-hydrogen) atoms. The zero-order valence-electron chi connectivity index (χ0n) is 38.5. The summed E-state index contributed by atoms with van der Waals surface area (Å²) in [7, 11) is 0. The molecular formula is C56H52Cl4F2N2O6. The fourth-order valence-corrected chi connectivity index (χ4v) is 9.66. The van der Waals surface area contributed by atoms with E-state index in [0.29, 0.717) is 32.9 Å². The number of carbonyl (C=O) groups excluding carboxylic acids is 4. The number of nitrogens with zero attached hydrogens (tertiary/aromatic N) is 2. The highest BCUT2D eigenvalue weighted by molar-refractivity contribution is 6.31. The fraction of sp³-hybridized carbons (Fsp3) is 0.286. The second-order valence-corrected chi connectivity index (χ2v) is 19.1. The van der Waals surface area contributed by atoms with Crippen molar-refractivity contribution in [1.82, 2.24) is 9.80 Å². The molecule has 0 radical (unpaired) electrons. The van der Waals surface area contributed by atoms with E-state index in [1.165, 1.54) is 24.3 Å². The van der Waals surface area contributed by atoms with Gasteiger partial charge in [-0.25, -0.2) is 8.78 Å². The Bertz CT molecular complexity index is 2490. The van der Waals surface area contributed by atoms with E-state index in [-0.39, 0.29) is 36.3 Å². The van der Waals surface area contributed by atoms with E-state index in [4.69, 9.17) is 55.9 Å². The maximum Gasteiger partial charge on any atom is 0.253 e. The monoisotopic (exact) mass is 1030 g/mol. The van der Waals surface area contributed by atoms with Crippen LogP contribution in [0.5, 0.6) is 0 Å². The first-order chi connectivity index (χ1) is 33.8. The van der Waals surface area contributed by atoms with E-state index < -0.39 is 48.6 Å². The average molecular weight is 1030 g/mol. The Morgan fingerprint density at radius 2 is 0.757 bits per heavy atom. The predicted octanol–water partition coefficient (Wildman–Crippen LogP) is 13.5. The predicted molar refractivity (Wildman–Crippen MR) is 270 cm³/mol. The first-order valence-corrected chi connectivity index (χ1v) is 24.7. The van der Waals surface area contributed by atoms with Crippen LogP contribution in [0.1, 0.15) is 97.2 Å². The van der Waals surface area contributed by atoms with Gasteiger partial charge in [0.25, 0.3) is 11.8 Å². The summed E-state index contributed by atoms with van der Waals surface area (Å²) >= 11 is 24.6. The molecule has 6 aromatic carbocycles. The van der Waals surface area contributed by atoms with Gasteiger partial charge in [0.05, 0.1) is 24.2 Å². The minimum absolute atomic E-state index is 0.255. The summed E-state index contributed by atoms with van der Waals surface area (Å²) in [6, 6.07) is 38.7. The maximum atomic E-state index is 13.9. The normalized spacial score (nSPS) is 21.1. The number of halogens is 6. The van der Waals surface area contributed by atoms with Crippen molar-refractivity contribution in [3.63, 3.8) is 0 Å². The standard InChI is InChI=1S/2C28H26Cl2FNO3/c2*1-2-3-24(17-33)32-26(19-6-10-21(29)11-7-19)27(20-8-12-22(30)13-9-20)35-25(28(32)34)16-18-4-14-23(31)15-5-18/h2*4-15,17,24-27H,2-3,16H2,1H3/t2*24-,25+,26-,27+/m10/s1. The molecule has 14 heteroatoms. The van der Waals surface area contributed by atoms with Gasteiger partial charge in [0.2, 0.25) is 0 Å². The minimum Gasteiger partial charge on any atom is -0.358 e. The number of ether oxygens (including phenoxy) is 2. The van der Waals surface area contributed by atoms with Crippen LogP contribution in [0.3, 0.4) is 0 Å². The van der Waals surface area contributed by atoms with Crippen LogP contribution in [-0.2, 0) is 41.5 Å². The van der Waals surface area contributed by atoms with Gasteiger partial charge in [0, 0.05) is 32.9 Å². The van der Waals surface area contributed by atoms with E-state index in [9.17, 15) is 28.0 Å². The lowest BCUT2D eigenvalue weighted by atomic mass is 9.89. The van der Waals surface area contributed by atoms with E-state index >= 15 is 0 Å². The molecule has 0 N–H and O–H groups in total. The molecule has 2 heterocycles. The Morgan fingerprint density at radius 3 is 1.03 bits per heavy atom. The number of hydrogen-bond acceptors (Lipinski definition) is 6. The van der Waals surface area contributed by atoms with Crippen molar-refractivity contribution in [2.24, 2.45) is 0 Å². The lowest BCUT2D eigenvalue weighted by Crippen LogP contribution is -2.55. The van der Waals surface area contributed by atoms with Crippen molar-refractivity contribution in [1.29, 1.82) is 0 Å². The number of morpholine rings is 2. The Balaban J connectivity index is 0.000000206. The first kappa shape index (κ1) is 52.4. The van der Waals surface area contributed by atoms with Crippen LogP contribution in [-0.4, -0.2) is 58.5 Å². The summed E-state index contributed by atoms with van der Waals surface area (Å²) in [5.74, 6) is -1.25. The van der Waals surface area contributed by atoms with Crippen LogP contribution in [0.25, 0.3) is 0 Å². The van der Waals surface area contributed by atoms with Gasteiger partial charge < -0.3 is 28.9 Å². The Hall–Kier alpha value is -5.46. The summed E-state index contributed by atoms with van der Waals surface area (Å²) < 4.78 is 39.9. The Morgan fingerprint density at radius 1 is 0.471 bits per heavy atom. The van der Waals surface area contributed by atoms with Gasteiger partial charge in [-0.15, -0.1) is 0 Å². The Kier molecular flexibility index (Phi) is 18.4. The maximum absolute atomic E-state index is 13.9. The number of benzene rings is 6. The molecule has 8 rings (SSSR count). The lowest BCUT2D eigenvalue weighted by Gasteiger charge is -2.47. The molecule has 8 atom stereocenters. The van der Waals surface area contributed by atoms with E-state index in [0.717, 1.165) is 58.8 Å². The molecule has 2 amide bonds. The number of rotatable bonds is 16. The number of amides is 2. The van der Waals surface area contributed by atoms with Crippen LogP contribution in [0.2, 0.25) is 20.1 Å². The number of aldehydes is 2. The topological polar surface area (TPSA) is 93.2 Å². The molecule has 0 bridgehead atoms. The SMILES string of the molecule is CCC[C@@H](C=O)N1C(=O)[C@@H](Cc2ccc(F)cc2)O[C@H](c2ccc(Cl)cc2)[C@@H]1c1ccc(Cl)cc1.CCC[C@H](C=O)N1C(=O)[C@H](Cc2ccc(F)cc2)O[C@@H](c2ccc(Cl)cc2)[C@H]1c1ccc(Cl)cc1. The van der Waals surface area contributed by atoms with Crippen molar-refractivity contribution in [2.45, 2.75) is 101 Å². The smallest absolute Gasteiger partial charge is 0.253 e. The lowest BCUT2D eigenvalue weighted by molar-refractivity contribution is -0.179. The molecule has 6 aromatic rings. The van der Waals surface area contributed by atoms with Crippen molar-refractivity contribution < 1.29 is 37.4 Å². The summed E-state index contributed by atoms with van der Waals surface area (Å²) in [5.41, 5.74) is 4.82. The van der Waals surface area contributed by atoms with Crippen molar-refractivity contribution in [3.8, 4) is 0 Å². The summed E-state index contributed by atoms with van der Waals surface area (Å²) in [4.78, 5) is 55.6. The third-order valence-corrected chi connectivity index (χ3v) is 13.5. The van der Waals surface area contributed by atoms with Crippen molar-refractivity contribution >= 4 is 70.8 Å². The molecule has 0 aliphatic carbocycles. The summed E-state index contributed by atoms with van der Waals surface area (Å²) in [6.07, 6.45) is 1.89. The highest BCUT2D eigenvalue weighted by atomic mass is 35.5. The van der Waals surface area contributed by atoms with Gasteiger partial charge in [-0.2, -0.15) is 0 Å². The van der Waals surface area contributed by atoms with E-state index in [2.05, 4.69) is 0 Å². The number of carbonyl (C=O) groups is 4. The summed E-state index contributed by atoms with van der Waals surface area (Å²) in [6.45, 7) is 3.96. The molecule has 0 saturated carbocycles. The third kappa shape index (κ3) is 12.7. The molecule has 2 aliphatic heterocycles. The van der Waals surface area contributed by atoms with Crippen LogP contribution in [0, 0.1) is 11.6 Å². The van der Waals surface area contributed by atoms with Crippen LogP contribution < -0.4 is 0 Å². The van der Waals surface area contributed by atoms with Crippen molar-refractivity contribution in [3.05, 3.63) is 211 Å². The molecular weight excluding hydrogens is 976 g/mol. The second-order valence-electron chi connectivity index (χ2n) is 17.3. The molecule has 2 fully saturated rings. The average Bonchev–Trinajstić information content (AvgIpc) is 3.36. The Labute approximate surface area is 427 Å². The van der Waals surface area contributed by atoms with Gasteiger partial charge in [-0.05, 0) is 119 Å². The van der Waals surface area contributed by atoms with Crippen LogP contribution in [0.15, 0.2) is 146 Å². The highest BCUT2D eigenvalue weighted by Gasteiger charge is 2.48. The van der Waals surface area contributed by atoms with Crippen molar-refractivity contribution in [2.75, 3.05) is 0 Å².